The number of hydrogen-bond donors (Lipinski definition) is 1. The second-order valence-electron chi connectivity index (χ2n) is 6.37. The summed E-state index contributed by atoms with van der Waals surface area (Å²) in [5.74, 6) is -0.651. The Bertz CT molecular complexity index is 1060. The van der Waals surface area contributed by atoms with Crippen LogP contribution in [-0.2, 0) is 4.79 Å². The zero-order chi connectivity index (χ0) is 21.3. The molecular weight excluding hydrogens is 387 g/mol. The van der Waals surface area contributed by atoms with Crippen LogP contribution in [0, 0.1) is 12.7 Å². The predicted molar refractivity (Wildman–Crippen MR) is 110 cm³/mol. The quantitative estimate of drug-likeness (QED) is 0.280. The average Bonchev–Trinajstić information content (AvgIpc) is 2.73. The summed E-state index contributed by atoms with van der Waals surface area (Å²) in [4.78, 5) is 23.8. The summed E-state index contributed by atoms with van der Waals surface area (Å²) in [6.07, 6.45) is 1.45. The Morgan fingerprint density at radius 2 is 1.77 bits per heavy atom. The van der Waals surface area contributed by atoms with Crippen LogP contribution in [0.25, 0.3) is 0 Å². The van der Waals surface area contributed by atoms with Crippen LogP contribution in [0.1, 0.15) is 21.5 Å². The molecule has 0 bridgehead atoms. The second-order valence-corrected chi connectivity index (χ2v) is 6.37. The van der Waals surface area contributed by atoms with Crippen LogP contribution in [0.3, 0.4) is 0 Å². The summed E-state index contributed by atoms with van der Waals surface area (Å²) >= 11 is 0. The molecule has 1 amide bonds. The molecule has 3 aromatic carbocycles. The van der Waals surface area contributed by atoms with E-state index in [0.29, 0.717) is 17.1 Å². The van der Waals surface area contributed by atoms with E-state index in [1.54, 1.807) is 30.3 Å². The summed E-state index contributed by atoms with van der Waals surface area (Å²) in [6.45, 7) is 1.78. The van der Waals surface area contributed by atoms with E-state index in [2.05, 4.69) is 10.5 Å². The van der Waals surface area contributed by atoms with Crippen molar-refractivity contribution in [2.24, 2.45) is 5.10 Å². The normalized spacial score (nSPS) is 10.6. The molecule has 0 saturated heterocycles. The Morgan fingerprint density at radius 3 is 2.50 bits per heavy atom. The highest BCUT2D eigenvalue weighted by Crippen LogP contribution is 2.14. The van der Waals surface area contributed by atoms with Crippen molar-refractivity contribution in [2.45, 2.75) is 6.92 Å². The highest BCUT2D eigenvalue weighted by Gasteiger charge is 2.09. The van der Waals surface area contributed by atoms with Gasteiger partial charge < -0.3 is 9.47 Å². The van der Waals surface area contributed by atoms with Crippen molar-refractivity contribution < 1.29 is 23.5 Å². The van der Waals surface area contributed by atoms with Crippen molar-refractivity contribution in [3.8, 4) is 11.5 Å². The molecule has 0 fully saturated rings. The van der Waals surface area contributed by atoms with Gasteiger partial charge in [-0.3, -0.25) is 4.79 Å². The third-order valence-corrected chi connectivity index (χ3v) is 3.91. The monoisotopic (exact) mass is 406 g/mol. The number of nitrogens with zero attached hydrogens (tertiary/aromatic N) is 1. The number of hydrogen-bond acceptors (Lipinski definition) is 5. The standard InChI is InChI=1S/C23H19FN2O4/c1-16-4-2-7-21(12-16)29-15-22(27)26-25-14-17-8-10-20(11-9-17)30-23(28)18-5-3-6-19(24)13-18/h2-14H,15H2,1H3,(H,26,27)/b25-14-. The molecule has 3 rings (SSSR count). The number of amides is 1. The minimum Gasteiger partial charge on any atom is -0.484 e. The first-order valence-electron chi connectivity index (χ1n) is 9.09. The first-order valence-corrected chi connectivity index (χ1v) is 9.09. The zero-order valence-electron chi connectivity index (χ0n) is 16.2. The molecule has 0 aromatic heterocycles. The summed E-state index contributed by atoms with van der Waals surface area (Å²) in [5, 5.41) is 3.87. The number of carbonyl (C=O) groups is 2. The van der Waals surface area contributed by atoms with Crippen molar-refractivity contribution in [3.63, 3.8) is 0 Å². The molecule has 0 atom stereocenters. The molecule has 0 saturated carbocycles. The number of ether oxygens (including phenoxy) is 2. The summed E-state index contributed by atoms with van der Waals surface area (Å²) in [5.41, 5.74) is 4.21. The van der Waals surface area contributed by atoms with Crippen LogP contribution in [0.5, 0.6) is 11.5 Å². The molecule has 0 unspecified atom stereocenters. The molecule has 152 valence electrons. The average molecular weight is 406 g/mol. The van der Waals surface area contributed by atoms with E-state index < -0.39 is 17.7 Å². The lowest BCUT2D eigenvalue weighted by molar-refractivity contribution is -0.123. The van der Waals surface area contributed by atoms with Gasteiger partial charge in [0.1, 0.15) is 17.3 Å². The fourth-order valence-corrected chi connectivity index (χ4v) is 2.47. The van der Waals surface area contributed by atoms with Crippen molar-refractivity contribution >= 4 is 18.1 Å². The molecule has 6 nitrogen and oxygen atoms in total. The van der Waals surface area contributed by atoms with Gasteiger partial charge in [-0.25, -0.2) is 14.6 Å². The number of hydrazone groups is 1. The number of nitrogens with one attached hydrogen (secondary N) is 1. The predicted octanol–water partition coefficient (Wildman–Crippen LogP) is 3.88. The Hall–Kier alpha value is -4.00. The Balaban J connectivity index is 1.47. The van der Waals surface area contributed by atoms with Crippen LogP contribution < -0.4 is 14.9 Å². The molecule has 0 heterocycles. The molecule has 30 heavy (non-hydrogen) atoms. The third-order valence-electron chi connectivity index (χ3n) is 3.91. The van der Waals surface area contributed by atoms with E-state index in [4.69, 9.17) is 9.47 Å². The maximum atomic E-state index is 13.2. The number of rotatable bonds is 7. The number of halogens is 1. The van der Waals surface area contributed by atoms with Gasteiger partial charge in [-0.1, -0.05) is 18.2 Å². The Kier molecular flexibility index (Phi) is 6.89. The fourth-order valence-electron chi connectivity index (χ4n) is 2.47. The SMILES string of the molecule is Cc1cccc(OCC(=O)N/N=C\c2ccc(OC(=O)c3cccc(F)c3)cc2)c1. The van der Waals surface area contributed by atoms with E-state index in [1.807, 2.05) is 25.1 Å². The summed E-state index contributed by atoms with van der Waals surface area (Å²) < 4.78 is 23.8. The lowest BCUT2D eigenvalue weighted by atomic mass is 10.2. The van der Waals surface area contributed by atoms with E-state index in [-0.39, 0.29) is 12.2 Å². The maximum absolute atomic E-state index is 13.2. The largest absolute Gasteiger partial charge is 0.484 e. The molecule has 0 aliphatic carbocycles. The van der Waals surface area contributed by atoms with Gasteiger partial charge in [0.15, 0.2) is 6.61 Å². The number of aryl methyl sites for hydroxylation is 1. The molecule has 3 aromatic rings. The van der Waals surface area contributed by atoms with Gasteiger partial charge in [0.05, 0.1) is 11.8 Å². The molecule has 0 radical (unpaired) electrons. The zero-order valence-corrected chi connectivity index (χ0v) is 16.2. The van der Waals surface area contributed by atoms with E-state index in [9.17, 15) is 14.0 Å². The molecule has 7 heteroatoms. The van der Waals surface area contributed by atoms with Crippen molar-refractivity contribution in [3.05, 3.63) is 95.3 Å². The van der Waals surface area contributed by atoms with Gasteiger partial charge in [-0.05, 0) is 72.6 Å². The van der Waals surface area contributed by atoms with Gasteiger partial charge in [0.25, 0.3) is 5.91 Å². The van der Waals surface area contributed by atoms with Crippen LogP contribution in [0.15, 0.2) is 77.9 Å². The van der Waals surface area contributed by atoms with Crippen LogP contribution in [0.2, 0.25) is 0 Å². The lowest BCUT2D eigenvalue weighted by Crippen LogP contribution is -2.24. The highest BCUT2D eigenvalue weighted by atomic mass is 19.1. The topological polar surface area (TPSA) is 77.0 Å². The van der Waals surface area contributed by atoms with E-state index in [0.717, 1.165) is 11.6 Å². The number of benzene rings is 3. The molecule has 0 aliphatic rings. The molecular formula is C23H19FN2O4. The van der Waals surface area contributed by atoms with Gasteiger partial charge in [-0.15, -0.1) is 0 Å². The number of carbonyl (C=O) groups excluding carboxylic acids is 2. The van der Waals surface area contributed by atoms with Gasteiger partial charge in [-0.2, -0.15) is 5.10 Å². The van der Waals surface area contributed by atoms with Crippen LogP contribution in [-0.4, -0.2) is 24.7 Å². The van der Waals surface area contributed by atoms with E-state index in [1.165, 1.54) is 24.4 Å². The van der Waals surface area contributed by atoms with E-state index >= 15 is 0 Å². The fraction of sp³-hybridized carbons (Fsp3) is 0.0870. The minimum atomic E-state index is -0.656. The number of esters is 1. The molecule has 0 spiro atoms. The maximum Gasteiger partial charge on any atom is 0.343 e. The Labute approximate surface area is 173 Å². The minimum absolute atomic E-state index is 0.122. The van der Waals surface area contributed by atoms with Gasteiger partial charge >= 0.3 is 5.97 Å². The highest BCUT2D eigenvalue weighted by molar-refractivity contribution is 5.91. The smallest absolute Gasteiger partial charge is 0.343 e. The second kappa shape index (κ2) is 9.97. The first-order chi connectivity index (χ1) is 14.5. The molecule has 1 N–H and O–H groups in total. The Morgan fingerprint density at radius 1 is 1.00 bits per heavy atom. The first kappa shape index (κ1) is 20.7. The third kappa shape index (κ3) is 6.27. The van der Waals surface area contributed by atoms with Crippen molar-refractivity contribution in [1.29, 1.82) is 0 Å². The molecule has 0 aliphatic heterocycles. The van der Waals surface area contributed by atoms with Crippen molar-refractivity contribution in [1.82, 2.24) is 5.43 Å². The lowest BCUT2D eigenvalue weighted by Gasteiger charge is -2.06. The van der Waals surface area contributed by atoms with Crippen LogP contribution in [0.4, 0.5) is 4.39 Å². The van der Waals surface area contributed by atoms with Gasteiger partial charge in [0, 0.05) is 0 Å². The summed E-state index contributed by atoms with van der Waals surface area (Å²) in [7, 11) is 0. The van der Waals surface area contributed by atoms with Gasteiger partial charge in [0.2, 0.25) is 0 Å². The van der Waals surface area contributed by atoms with Crippen LogP contribution >= 0.6 is 0 Å². The van der Waals surface area contributed by atoms with Crippen molar-refractivity contribution in [2.75, 3.05) is 6.61 Å². The summed E-state index contributed by atoms with van der Waals surface area (Å²) in [6, 6.07) is 19.1.